The van der Waals surface area contributed by atoms with Crippen molar-refractivity contribution < 1.29 is 14.3 Å². The molecule has 8 heteroatoms. The van der Waals surface area contributed by atoms with Crippen LogP contribution in [0.3, 0.4) is 0 Å². The minimum atomic E-state index is -0.0599. The quantitative estimate of drug-likeness (QED) is 0.182. The summed E-state index contributed by atoms with van der Waals surface area (Å²) in [6.07, 6.45) is 0.761. The standard InChI is InChI=1S/C22H30N4O3.HI/c1-3-23-22(26-16-17-29-20-12-10-19(28-2)11-13-20)25-15-7-14-24-21(27)18-8-5-4-6-9-18;/h4-6,8-13H,3,7,14-17H2,1-2H3,(H,24,27)(H2,23,25,26);1H. The number of methoxy groups -OCH3 is 1. The third kappa shape index (κ3) is 9.82. The summed E-state index contributed by atoms with van der Waals surface area (Å²) in [6.45, 7) is 5.13. The Balaban J connectivity index is 0.00000450. The SMILES string of the molecule is CCNC(=NCCCNC(=O)c1ccccc1)NCCOc1ccc(OC)cc1.I. The predicted octanol–water partition coefficient (Wildman–Crippen LogP) is 3.07. The van der Waals surface area contributed by atoms with Gasteiger partial charge in [-0.3, -0.25) is 9.79 Å². The highest BCUT2D eigenvalue weighted by Gasteiger charge is 2.03. The van der Waals surface area contributed by atoms with E-state index in [0.29, 0.717) is 31.8 Å². The lowest BCUT2D eigenvalue weighted by Gasteiger charge is -2.12. The van der Waals surface area contributed by atoms with Crippen molar-refractivity contribution >= 4 is 35.8 Å². The van der Waals surface area contributed by atoms with Gasteiger partial charge in [0.2, 0.25) is 0 Å². The predicted molar refractivity (Wildman–Crippen MR) is 131 cm³/mol. The van der Waals surface area contributed by atoms with Crippen LogP contribution in [0.15, 0.2) is 59.6 Å². The number of ether oxygens (including phenoxy) is 2. The lowest BCUT2D eigenvalue weighted by Crippen LogP contribution is -2.39. The fourth-order valence-electron chi connectivity index (χ4n) is 2.52. The van der Waals surface area contributed by atoms with E-state index in [0.717, 1.165) is 30.4 Å². The number of halogens is 1. The van der Waals surface area contributed by atoms with Gasteiger partial charge in [-0.2, -0.15) is 0 Å². The second-order valence-corrected chi connectivity index (χ2v) is 6.19. The Morgan fingerprint density at radius 1 is 0.933 bits per heavy atom. The first-order valence-corrected chi connectivity index (χ1v) is 9.85. The molecular formula is C22H31IN4O3. The van der Waals surface area contributed by atoms with Crippen LogP contribution in [0.5, 0.6) is 11.5 Å². The normalized spacial score (nSPS) is 10.5. The van der Waals surface area contributed by atoms with E-state index < -0.39 is 0 Å². The molecule has 0 aliphatic heterocycles. The van der Waals surface area contributed by atoms with E-state index in [1.807, 2.05) is 49.4 Å². The van der Waals surface area contributed by atoms with Crippen molar-refractivity contribution in [1.82, 2.24) is 16.0 Å². The summed E-state index contributed by atoms with van der Waals surface area (Å²) in [5.41, 5.74) is 0.669. The van der Waals surface area contributed by atoms with Gasteiger partial charge in [-0.05, 0) is 49.7 Å². The van der Waals surface area contributed by atoms with Crippen molar-refractivity contribution in [2.75, 3.05) is 39.9 Å². The molecule has 1 amide bonds. The van der Waals surface area contributed by atoms with Gasteiger partial charge in [0.15, 0.2) is 5.96 Å². The van der Waals surface area contributed by atoms with Crippen LogP contribution < -0.4 is 25.4 Å². The average Bonchev–Trinajstić information content (AvgIpc) is 2.77. The van der Waals surface area contributed by atoms with Crippen molar-refractivity contribution in [2.45, 2.75) is 13.3 Å². The molecule has 0 aliphatic rings. The van der Waals surface area contributed by atoms with Gasteiger partial charge in [0, 0.05) is 25.2 Å². The summed E-state index contributed by atoms with van der Waals surface area (Å²) < 4.78 is 10.8. The maximum atomic E-state index is 12.0. The molecule has 3 N–H and O–H groups in total. The highest BCUT2D eigenvalue weighted by Crippen LogP contribution is 2.16. The number of nitrogens with zero attached hydrogens (tertiary/aromatic N) is 1. The molecule has 0 bridgehead atoms. The van der Waals surface area contributed by atoms with Crippen LogP contribution in [0.1, 0.15) is 23.7 Å². The third-order valence-corrected chi connectivity index (χ3v) is 3.99. The van der Waals surface area contributed by atoms with Gasteiger partial charge in [0.05, 0.1) is 13.7 Å². The highest BCUT2D eigenvalue weighted by molar-refractivity contribution is 14.0. The first kappa shape index (κ1) is 25.5. The second-order valence-electron chi connectivity index (χ2n) is 6.19. The molecule has 2 aromatic rings. The number of carbonyl (C=O) groups is 1. The molecule has 164 valence electrons. The molecule has 2 rings (SSSR count). The van der Waals surface area contributed by atoms with E-state index in [1.54, 1.807) is 19.2 Å². The van der Waals surface area contributed by atoms with Crippen molar-refractivity contribution in [3.05, 3.63) is 60.2 Å². The summed E-state index contributed by atoms with van der Waals surface area (Å²) in [4.78, 5) is 16.5. The van der Waals surface area contributed by atoms with Crippen LogP contribution in [0.25, 0.3) is 0 Å². The maximum Gasteiger partial charge on any atom is 0.251 e. The van der Waals surface area contributed by atoms with E-state index in [2.05, 4.69) is 20.9 Å². The molecule has 0 fully saturated rings. The van der Waals surface area contributed by atoms with Gasteiger partial charge in [0.25, 0.3) is 5.91 Å². The minimum absolute atomic E-state index is 0. The van der Waals surface area contributed by atoms with Crippen LogP contribution in [0, 0.1) is 0 Å². The molecular weight excluding hydrogens is 495 g/mol. The smallest absolute Gasteiger partial charge is 0.251 e. The average molecular weight is 526 g/mol. The van der Waals surface area contributed by atoms with Gasteiger partial charge < -0.3 is 25.4 Å². The molecule has 0 heterocycles. The number of rotatable bonds is 11. The lowest BCUT2D eigenvalue weighted by molar-refractivity contribution is 0.0953. The molecule has 0 radical (unpaired) electrons. The third-order valence-electron chi connectivity index (χ3n) is 3.99. The Labute approximate surface area is 195 Å². The van der Waals surface area contributed by atoms with Crippen molar-refractivity contribution in [2.24, 2.45) is 4.99 Å². The van der Waals surface area contributed by atoms with Gasteiger partial charge in [-0.25, -0.2) is 0 Å². The largest absolute Gasteiger partial charge is 0.497 e. The fraction of sp³-hybridized carbons (Fsp3) is 0.364. The van der Waals surface area contributed by atoms with Crippen LogP contribution in [-0.2, 0) is 0 Å². The number of amides is 1. The van der Waals surface area contributed by atoms with Crippen LogP contribution in [0.2, 0.25) is 0 Å². The Bertz CT molecular complexity index is 755. The number of nitrogens with one attached hydrogen (secondary N) is 3. The van der Waals surface area contributed by atoms with Crippen LogP contribution in [0.4, 0.5) is 0 Å². The zero-order valence-corrected chi connectivity index (χ0v) is 19.8. The zero-order chi connectivity index (χ0) is 20.7. The molecule has 0 atom stereocenters. The highest BCUT2D eigenvalue weighted by atomic mass is 127. The number of benzene rings is 2. The summed E-state index contributed by atoms with van der Waals surface area (Å²) in [6, 6.07) is 16.7. The number of hydrogen-bond acceptors (Lipinski definition) is 4. The van der Waals surface area contributed by atoms with E-state index >= 15 is 0 Å². The zero-order valence-electron chi connectivity index (χ0n) is 17.5. The minimum Gasteiger partial charge on any atom is -0.497 e. The molecule has 0 saturated heterocycles. The molecule has 0 unspecified atom stereocenters. The van der Waals surface area contributed by atoms with Gasteiger partial charge in [0.1, 0.15) is 18.1 Å². The van der Waals surface area contributed by atoms with E-state index in [-0.39, 0.29) is 29.9 Å². The molecule has 0 aromatic heterocycles. The second kappa shape index (κ2) is 15.4. The molecule has 0 spiro atoms. The number of aliphatic imine (C=N–C) groups is 1. The summed E-state index contributed by atoms with van der Waals surface area (Å²) in [5.74, 6) is 2.27. The Morgan fingerprint density at radius 2 is 1.63 bits per heavy atom. The first-order chi connectivity index (χ1) is 14.2. The Morgan fingerprint density at radius 3 is 2.30 bits per heavy atom. The van der Waals surface area contributed by atoms with Crippen molar-refractivity contribution in [3.63, 3.8) is 0 Å². The van der Waals surface area contributed by atoms with Gasteiger partial charge in [-0.1, -0.05) is 18.2 Å². The topological polar surface area (TPSA) is 84.0 Å². The molecule has 2 aromatic carbocycles. The van der Waals surface area contributed by atoms with E-state index in [9.17, 15) is 4.79 Å². The summed E-state index contributed by atoms with van der Waals surface area (Å²) >= 11 is 0. The number of hydrogen-bond donors (Lipinski definition) is 3. The molecule has 7 nitrogen and oxygen atoms in total. The van der Waals surface area contributed by atoms with Crippen molar-refractivity contribution in [1.29, 1.82) is 0 Å². The molecule has 0 aliphatic carbocycles. The fourth-order valence-corrected chi connectivity index (χ4v) is 2.52. The Hall–Kier alpha value is -2.49. The van der Waals surface area contributed by atoms with Gasteiger partial charge in [-0.15, -0.1) is 24.0 Å². The monoisotopic (exact) mass is 526 g/mol. The van der Waals surface area contributed by atoms with Crippen LogP contribution in [-0.4, -0.2) is 51.8 Å². The first-order valence-electron chi connectivity index (χ1n) is 9.85. The maximum absolute atomic E-state index is 12.0. The van der Waals surface area contributed by atoms with E-state index in [1.165, 1.54) is 0 Å². The van der Waals surface area contributed by atoms with Crippen LogP contribution >= 0.6 is 24.0 Å². The molecule has 0 saturated carbocycles. The van der Waals surface area contributed by atoms with E-state index in [4.69, 9.17) is 9.47 Å². The Kier molecular flexibility index (Phi) is 13.1. The van der Waals surface area contributed by atoms with Gasteiger partial charge >= 0.3 is 0 Å². The summed E-state index contributed by atoms with van der Waals surface area (Å²) in [5, 5.41) is 9.35. The lowest BCUT2D eigenvalue weighted by atomic mass is 10.2. The summed E-state index contributed by atoms with van der Waals surface area (Å²) in [7, 11) is 1.64. The number of guanidine groups is 1. The molecule has 30 heavy (non-hydrogen) atoms. The number of carbonyl (C=O) groups excluding carboxylic acids is 1. The van der Waals surface area contributed by atoms with Crippen molar-refractivity contribution in [3.8, 4) is 11.5 Å².